The number of para-hydroxylation sites is 1. The minimum absolute atomic E-state index is 0.0159. The third-order valence-electron chi connectivity index (χ3n) is 3.30. The largest absolute Gasteiger partial charge is 0.497 e. The number of halogens is 2. The van der Waals surface area contributed by atoms with Gasteiger partial charge in [0.2, 0.25) is 0 Å². The molecule has 26 heavy (non-hydrogen) atoms. The Morgan fingerprint density at radius 1 is 1.12 bits per heavy atom. The van der Waals surface area contributed by atoms with Crippen molar-refractivity contribution in [3.63, 3.8) is 0 Å². The Morgan fingerprint density at radius 3 is 2.31 bits per heavy atom. The monoisotopic (exact) mass is 381 g/mol. The number of hydrogen-bond acceptors (Lipinski definition) is 5. The molecule has 8 heteroatoms. The van der Waals surface area contributed by atoms with Gasteiger partial charge in [-0.25, -0.2) is 8.78 Å². The number of methoxy groups -OCH3 is 1. The molecule has 0 aliphatic rings. The van der Waals surface area contributed by atoms with Crippen molar-refractivity contribution in [3.8, 4) is 5.75 Å². The highest BCUT2D eigenvalue weighted by Gasteiger charge is 2.20. The zero-order valence-electron chi connectivity index (χ0n) is 14.1. The number of carbonyl (C=O) groups is 2. The van der Waals surface area contributed by atoms with E-state index in [9.17, 15) is 18.4 Å². The maximum absolute atomic E-state index is 13.5. The summed E-state index contributed by atoms with van der Waals surface area (Å²) in [6.45, 7) is 1.32. The molecule has 0 bridgehead atoms. The number of esters is 1. The molecule has 2 aromatic rings. The van der Waals surface area contributed by atoms with Crippen molar-refractivity contribution in [2.24, 2.45) is 0 Å². The number of nitrogens with one attached hydrogen (secondary N) is 1. The molecular formula is C18H17F2NO4S. The summed E-state index contributed by atoms with van der Waals surface area (Å²) in [7, 11) is 1.55. The number of rotatable bonds is 7. The molecule has 0 aromatic heterocycles. The summed E-state index contributed by atoms with van der Waals surface area (Å²) < 4.78 is 37.1. The fourth-order valence-electron chi connectivity index (χ4n) is 1.94. The van der Waals surface area contributed by atoms with Gasteiger partial charge < -0.3 is 14.8 Å². The number of carbonyl (C=O) groups excluding carboxylic acids is 2. The minimum Gasteiger partial charge on any atom is -0.497 e. The summed E-state index contributed by atoms with van der Waals surface area (Å²) in [5, 5.41) is 2.08. The number of hydrogen-bond donors (Lipinski definition) is 1. The van der Waals surface area contributed by atoms with Crippen molar-refractivity contribution in [3.05, 3.63) is 54.1 Å². The lowest BCUT2D eigenvalue weighted by Gasteiger charge is -2.14. The Morgan fingerprint density at radius 2 is 1.73 bits per heavy atom. The lowest BCUT2D eigenvalue weighted by molar-refractivity contribution is -0.150. The first-order valence-corrected chi connectivity index (χ1v) is 8.60. The maximum Gasteiger partial charge on any atom is 0.317 e. The molecule has 0 spiro atoms. The van der Waals surface area contributed by atoms with E-state index in [-0.39, 0.29) is 5.75 Å². The van der Waals surface area contributed by atoms with Crippen LogP contribution in [0.3, 0.4) is 0 Å². The van der Waals surface area contributed by atoms with Crippen LogP contribution in [0, 0.1) is 11.6 Å². The van der Waals surface area contributed by atoms with Crippen LogP contribution in [-0.4, -0.2) is 30.8 Å². The Hall–Kier alpha value is -2.61. The van der Waals surface area contributed by atoms with Crippen LogP contribution in [-0.2, 0) is 14.3 Å². The van der Waals surface area contributed by atoms with Crippen LogP contribution in [0.4, 0.5) is 14.5 Å². The number of thioether (sulfide) groups is 1. The van der Waals surface area contributed by atoms with E-state index in [1.165, 1.54) is 24.8 Å². The first kappa shape index (κ1) is 19.7. The summed E-state index contributed by atoms with van der Waals surface area (Å²) in [5.41, 5.74) is -0.576. The molecule has 0 saturated carbocycles. The SMILES string of the molecule is COc1ccc(SCC(=O)O[C@@H](C)C(=O)Nc2c(F)cccc2F)cc1. The van der Waals surface area contributed by atoms with Gasteiger partial charge in [0.1, 0.15) is 23.1 Å². The molecule has 0 unspecified atom stereocenters. The number of amides is 1. The van der Waals surface area contributed by atoms with E-state index >= 15 is 0 Å². The molecule has 2 rings (SSSR count). The Labute approximate surface area is 153 Å². The van der Waals surface area contributed by atoms with E-state index in [1.807, 2.05) is 0 Å². The topological polar surface area (TPSA) is 64.6 Å². The van der Waals surface area contributed by atoms with Crippen LogP contribution >= 0.6 is 11.8 Å². The molecule has 0 saturated heterocycles. The maximum atomic E-state index is 13.5. The fourth-order valence-corrected chi connectivity index (χ4v) is 2.62. The second-order valence-electron chi connectivity index (χ2n) is 5.18. The third-order valence-corrected chi connectivity index (χ3v) is 4.29. The lowest BCUT2D eigenvalue weighted by Crippen LogP contribution is -2.31. The molecule has 1 atom stereocenters. The van der Waals surface area contributed by atoms with Crippen molar-refractivity contribution in [1.82, 2.24) is 0 Å². The number of anilines is 1. The molecule has 1 N–H and O–H groups in total. The second-order valence-corrected chi connectivity index (χ2v) is 6.23. The quantitative estimate of drug-likeness (QED) is 0.586. The van der Waals surface area contributed by atoms with Crippen LogP contribution in [0.1, 0.15) is 6.92 Å². The Kier molecular flexibility index (Phi) is 6.97. The molecular weight excluding hydrogens is 364 g/mol. The van der Waals surface area contributed by atoms with Crippen molar-refractivity contribution in [2.75, 3.05) is 18.2 Å². The second kappa shape index (κ2) is 9.19. The van der Waals surface area contributed by atoms with Crippen LogP contribution < -0.4 is 10.1 Å². The smallest absolute Gasteiger partial charge is 0.317 e. The average Bonchev–Trinajstić information content (AvgIpc) is 2.63. The molecule has 138 valence electrons. The van der Waals surface area contributed by atoms with Gasteiger partial charge in [0.25, 0.3) is 5.91 Å². The van der Waals surface area contributed by atoms with Gasteiger partial charge >= 0.3 is 5.97 Å². The van der Waals surface area contributed by atoms with Crippen LogP contribution in [0.15, 0.2) is 47.4 Å². The van der Waals surface area contributed by atoms with E-state index < -0.39 is 35.3 Å². The zero-order chi connectivity index (χ0) is 19.1. The van der Waals surface area contributed by atoms with Gasteiger partial charge in [-0.2, -0.15) is 0 Å². The van der Waals surface area contributed by atoms with Gasteiger partial charge in [0.15, 0.2) is 6.10 Å². The lowest BCUT2D eigenvalue weighted by atomic mass is 10.2. The average molecular weight is 381 g/mol. The molecule has 1 amide bonds. The molecule has 0 fully saturated rings. The summed E-state index contributed by atoms with van der Waals surface area (Å²) >= 11 is 1.23. The minimum atomic E-state index is -1.20. The van der Waals surface area contributed by atoms with Gasteiger partial charge in [-0.3, -0.25) is 9.59 Å². The summed E-state index contributed by atoms with van der Waals surface area (Å²) in [5.74, 6) is -2.58. The van der Waals surface area contributed by atoms with E-state index in [0.717, 1.165) is 17.0 Å². The molecule has 0 aliphatic carbocycles. The van der Waals surface area contributed by atoms with Crippen LogP contribution in [0.25, 0.3) is 0 Å². The highest BCUT2D eigenvalue weighted by Crippen LogP contribution is 2.22. The normalized spacial score (nSPS) is 11.5. The van der Waals surface area contributed by atoms with Crippen LogP contribution in [0.5, 0.6) is 5.75 Å². The van der Waals surface area contributed by atoms with Gasteiger partial charge in [-0.15, -0.1) is 11.8 Å². The van der Waals surface area contributed by atoms with Gasteiger partial charge in [0.05, 0.1) is 12.9 Å². The highest BCUT2D eigenvalue weighted by molar-refractivity contribution is 8.00. The summed E-state index contributed by atoms with van der Waals surface area (Å²) in [6, 6.07) is 10.3. The van der Waals surface area contributed by atoms with E-state index in [2.05, 4.69) is 5.32 Å². The van der Waals surface area contributed by atoms with Crippen molar-refractivity contribution >= 4 is 29.3 Å². The number of benzene rings is 2. The first-order valence-electron chi connectivity index (χ1n) is 7.62. The fraction of sp³-hybridized carbons (Fsp3) is 0.222. The first-order chi connectivity index (χ1) is 12.4. The standard InChI is InChI=1S/C18H17F2NO4S/c1-11(18(23)21-17-14(19)4-3-5-15(17)20)25-16(22)10-26-13-8-6-12(24-2)7-9-13/h3-9,11H,10H2,1-2H3,(H,21,23)/t11-/m0/s1. The zero-order valence-corrected chi connectivity index (χ0v) is 14.9. The van der Waals surface area contributed by atoms with E-state index in [4.69, 9.17) is 9.47 Å². The van der Waals surface area contributed by atoms with Crippen molar-refractivity contribution < 1.29 is 27.8 Å². The van der Waals surface area contributed by atoms with E-state index in [1.54, 1.807) is 31.4 Å². The predicted octanol–water partition coefficient (Wildman–Crippen LogP) is 3.64. The van der Waals surface area contributed by atoms with Gasteiger partial charge in [-0.1, -0.05) is 6.07 Å². The van der Waals surface area contributed by atoms with Gasteiger partial charge in [0, 0.05) is 4.90 Å². The number of ether oxygens (including phenoxy) is 2. The predicted molar refractivity (Wildman–Crippen MR) is 94.3 cm³/mol. The van der Waals surface area contributed by atoms with Crippen LogP contribution in [0.2, 0.25) is 0 Å². The molecule has 0 aliphatic heterocycles. The highest BCUT2D eigenvalue weighted by atomic mass is 32.2. The molecule has 0 radical (unpaired) electrons. The molecule has 5 nitrogen and oxygen atoms in total. The summed E-state index contributed by atoms with van der Waals surface area (Å²) in [6.07, 6.45) is -1.20. The Bertz CT molecular complexity index is 763. The third kappa shape index (κ3) is 5.45. The van der Waals surface area contributed by atoms with Crippen molar-refractivity contribution in [1.29, 1.82) is 0 Å². The Balaban J connectivity index is 1.84. The van der Waals surface area contributed by atoms with E-state index in [0.29, 0.717) is 5.75 Å². The van der Waals surface area contributed by atoms with Crippen molar-refractivity contribution in [2.45, 2.75) is 17.9 Å². The van der Waals surface area contributed by atoms with Gasteiger partial charge in [-0.05, 0) is 43.3 Å². The molecule has 2 aromatic carbocycles. The molecule has 0 heterocycles. The summed E-state index contributed by atoms with van der Waals surface area (Å²) in [4.78, 5) is 24.6.